The Hall–Kier alpha value is -2.15. The number of nitrogens with zero attached hydrogens (tertiary/aromatic N) is 4. The predicted molar refractivity (Wildman–Crippen MR) is 90.6 cm³/mol. The van der Waals surface area contributed by atoms with E-state index in [0.29, 0.717) is 25.3 Å². The summed E-state index contributed by atoms with van der Waals surface area (Å²) in [5.41, 5.74) is 1.64. The summed E-state index contributed by atoms with van der Waals surface area (Å²) in [5, 5.41) is 3.04. The van der Waals surface area contributed by atoms with E-state index in [1.165, 1.54) is 0 Å². The lowest BCUT2D eigenvalue weighted by molar-refractivity contribution is -0.131. The third-order valence-corrected chi connectivity index (χ3v) is 5.82. The van der Waals surface area contributed by atoms with Crippen molar-refractivity contribution in [3.63, 3.8) is 0 Å². The molecule has 0 aliphatic carbocycles. The van der Waals surface area contributed by atoms with E-state index in [2.05, 4.69) is 4.98 Å². The minimum atomic E-state index is -0.0612. The number of rotatable bonds is 3. The molecule has 0 N–H and O–H groups in total. The van der Waals surface area contributed by atoms with Crippen molar-refractivity contribution >= 4 is 23.2 Å². The maximum absolute atomic E-state index is 12.7. The fourth-order valence-electron chi connectivity index (χ4n) is 3.77. The van der Waals surface area contributed by atoms with E-state index in [4.69, 9.17) is 0 Å². The van der Waals surface area contributed by atoms with Gasteiger partial charge in [0.2, 0.25) is 5.91 Å². The van der Waals surface area contributed by atoms with Gasteiger partial charge in [0.15, 0.2) is 0 Å². The molecule has 0 bridgehead atoms. The number of aryl methyl sites for hydroxylation is 2. The molecule has 0 spiro atoms. The van der Waals surface area contributed by atoms with Crippen molar-refractivity contribution in [3.8, 4) is 0 Å². The molecule has 2 aromatic heterocycles. The number of hydrogen-bond acceptors (Lipinski definition) is 4. The van der Waals surface area contributed by atoms with Crippen LogP contribution in [0.1, 0.15) is 21.2 Å². The average molecular weight is 344 g/mol. The zero-order valence-electron chi connectivity index (χ0n) is 13.8. The monoisotopic (exact) mass is 344 g/mol. The Morgan fingerprint density at radius 1 is 1.38 bits per heavy atom. The van der Waals surface area contributed by atoms with Crippen LogP contribution in [-0.2, 0) is 18.4 Å². The van der Waals surface area contributed by atoms with E-state index in [-0.39, 0.29) is 23.7 Å². The Morgan fingerprint density at radius 3 is 2.83 bits per heavy atom. The van der Waals surface area contributed by atoms with Crippen LogP contribution in [-0.4, -0.2) is 50.8 Å². The molecular weight excluding hydrogens is 324 g/mol. The summed E-state index contributed by atoms with van der Waals surface area (Å²) in [6.07, 6.45) is 1.87. The Morgan fingerprint density at radius 2 is 2.21 bits per heavy atom. The minimum Gasteiger partial charge on any atom is -0.347 e. The molecule has 2 aromatic rings. The van der Waals surface area contributed by atoms with Crippen LogP contribution < -0.4 is 0 Å². The molecule has 126 valence electrons. The van der Waals surface area contributed by atoms with Crippen LogP contribution in [0.5, 0.6) is 0 Å². The van der Waals surface area contributed by atoms with Gasteiger partial charge in [-0.3, -0.25) is 9.59 Å². The normalized spacial score (nSPS) is 23.2. The maximum Gasteiger partial charge on any atom is 0.270 e. The first kappa shape index (κ1) is 15.4. The molecule has 2 saturated heterocycles. The van der Waals surface area contributed by atoms with E-state index >= 15 is 0 Å². The van der Waals surface area contributed by atoms with Crippen LogP contribution in [0.3, 0.4) is 0 Å². The van der Waals surface area contributed by atoms with Gasteiger partial charge in [-0.1, -0.05) is 0 Å². The summed E-state index contributed by atoms with van der Waals surface area (Å²) in [5.74, 6) is 0.356. The Balaban J connectivity index is 1.43. The van der Waals surface area contributed by atoms with Crippen LogP contribution >= 0.6 is 11.3 Å². The lowest BCUT2D eigenvalue weighted by Crippen LogP contribution is -2.36. The van der Waals surface area contributed by atoms with Crippen LogP contribution in [0.25, 0.3) is 0 Å². The molecular formula is C17H20N4O2S. The Bertz CT molecular complexity index is 796. The fraction of sp³-hybridized carbons (Fsp3) is 0.471. The second-order valence-corrected chi connectivity index (χ2v) is 7.72. The first-order valence-corrected chi connectivity index (χ1v) is 9.01. The third-order valence-electron chi connectivity index (χ3n) is 4.99. The first-order chi connectivity index (χ1) is 11.5. The van der Waals surface area contributed by atoms with Gasteiger partial charge in [-0.15, -0.1) is 11.3 Å². The Labute approximate surface area is 144 Å². The molecule has 2 fully saturated rings. The number of likely N-dealkylation sites (tertiary alicyclic amines) is 2. The maximum atomic E-state index is 12.7. The number of aromatic nitrogens is 2. The summed E-state index contributed by atoms with van der Waals surface area (Å²) in [7, 11) is 1.87. The van der Waals surface area contributed by atoms with Gasteiger partial charge in [0.1, 0.15) is 5.69 Å². The van der Waals surface area contributed by atoms with Gasteiger partial charge < -0.3 is 14.4 Å². The molecule has 0 aromatic carbocycles. The van der Waals surface area contributed by atoms with Crippen molar-refractivity contribution in [2.75, 3.05) is 19.6 Å². The highest BCUT2D eigenvalue weighted by Crippen LogP contribution is 2.33. The van der Waals surface area contributed by atoms with Gasteiger partial charge in [0, 0.05) is 44.2 Å². The first-order valence-electron chi connectivity index (χ1n) is 8.13. The highest BCUT2D eigenvalue weighted by molar-refractivity contribution is 7.09. The van der Waals surface area contributed by atoms with E-state index in [1.54, 1.807) is 11.3 Å². The molecule has 2 amide bonds. The number of amides is 2. The van der Waals surface area contributed by atoms with Crippen molar-refractivity contribution in [3.05, 3.63) is 40.1 Å². The zero-order chi connectivity index (χ0) is 16.8. The largest absolute Gasteiger partial charge is 0.347 e. The smallest absolute Gasteiger partial charge is 0.270 e. The van der Waals surface area contributed by atoms with E-state index < -0.39 is 0 Å². The van der Waals surface area contributed by atoms with Gasteiger partial charge in [-0.05, 0) is 19.1 Å². The molecule has 4 heterocycles. The van der Waals surface area contributed by atoms with Crippen molar-refractivity contribution in [1.82, 2.24) is 19.4 Å². The third kappa shape index (κ3) is 2.53. The molecule has 24 heavy (non-hydrogen) atoms. The van der Waals surface area contributed by atoms with Crippen LogP contribution in [0.15, 0.2) is 23.7 Å². The SMILES string of the molecule is Cc1nc(CN2C[C@H]3CN(C(=O)c4cccn4C)C[C@H]3C2=O)cs1. The Kier molecular flexibility index (Phi) is 3.68. The summed E-state index contributed by atoms with van der Waals surface area (Å²) in [6, 6.07) is 3.70. The quantitative estimate of drug-likeness (QED) is 0.848. The molecule has 0 unspecified atom stereocenters. The van der Waals surface area contributed by atoms with Gasteiger partial charge in [-0.25, -0.2) is 4.98 Å². The predicted octanol–water partition coefficient (Wildman–Crippen LogP) is 1.52. The summed E-state index contributed by atoms with van der Waals surface area (Å²) < 4.78 is 1.83. The van der Waals surface area contributed by atoms with Crippen molar-refractivity contribution in [1.29, 1.82) is 0 Å². The summed E-state index contributed by atoms with van der Waals surface area (Å²) in [4.78, 5) is 33.5. The van der Waals surface area contributed by atoms with Gasteiger partial charge in [0.05, 0.1) is 23.2 Å². The second kappa shape index (κ2) is 5.73. The van der Waals surface area contributed by atoms with Crippen LogP contribution in [0.4, 0.5) is 0 Å². The van der Waals surface area contributed by atoms with E-state index in [9.17, 15) is 9.59 Å². The molecule has 2 aliphatic heterocycles. The molecule has 2 aliphatic rings. The number of fused-ring (bicyclic) bond motifs is 1. The van der Waals surface area contributed by atoms with Crippen LogP contribution in [0, 0.1) is 18.8 Å². The zero-order valence-corrected chi connectivity index (χ0v) is 14.6. The highest BCUT2D eigenvalue weighted by Gasteiger charge is 2.47. The molecule has 0 radical (unpaired) electrons. The standard InChI is InChI=1S/C17H20N4O2S/c1-11-18-13(10-24-11)8-20-6-12-7-21(9-14(12)16(20)22)17(23)15-4-3-5-19(15)2/h3-5,10,12,14H,6-9H2,1-2H3/t12-,14+/m0/s1. The number of carbonyl (C=O) groups is 2. The second-order valence-electron chi connectivity index (χ2n) is 6.66. The fourth-order valence-corrected chi connectivity index (χ4v) is 4.38. The minimum absolute atomic E-state index is 0.0198. The average Bonchev–Trinajstić information content (AvgIpc) is 3.29. The number of thiazole rings is 1. The molecule has 2 atom stereocenters. The van der Waals surface area contributed by atoms with Crippen molar-refractivity contribution < 1.29 is 9.59 Å². The summed E-state index contributed by atoms with van der Waals surface area (Å²) >= 11 is 1.61. The van der Waals surface area contributed by atoms with E-state index in [1.807, 2.05) is 52.0 Å². The number of carbonyl (C=O) groups excluding carboxylic acids is 2. The summed E-state index contributed by atoms with van der Waals surface area (Å²) in [6.45, 7) is 4.47. The lowest BCUT2D eigenvalue weighted by atomic mass is 10.0. The van der Waals surface area contributed by atoms with Crippen molar-refractivity contribution in [2.45, 2.75) is 13.5 Å². The van der Waals surface area contributed by atoms with Gasteiger partial charge in [0.25, 0.3) is 5.91 Å². The van der Waals surface area contributed by atoms with Gasteiger partial charge in [-0.2, -0.15) is 0 Å². The van der Waals surface area contributed by atoms with E-state index in [0.717, 1.165) is 17.2 Å². The highest BCUT2D eigenvalue weighted by atomic mass is 32.1. The molecule has 7 heteroatoms. The van der Waals surface area contributed by atoms with Crippen molar-refractivity contribution in [2.24, 2.45) is 18.9 Å². The molecule has 6 nitrogen and oxygen atoms in total. The topological polar surface area (TPSA) is 58.4 Å². The van der Waals surface area contributed by atoms with Crippen LogP contribution in [0.2, 0.25) is 0 Å². The molecule has 4 rings (SSSR count). The lowest BCUT2D eigenvalue weighted by Gasteiger charge is -2.21. The number of hydrogen-bond donors (Lipinski definition) is 0. The molecule has 0 saturated carbocycles. The van der Waals surface area contributed by atoms with Gasteiger partial charge >= 0.3 is 0 Å².